The third-order valence-corrected chi connectivity index (χ3v) is 1.52. The lowest BCUT2D eigenvalue weighted by atomic mass is 10.5. The van der Waals surface area contributed by atoms with E-state index < -0.39 is 0 Å². The highest BCUT2D eigenvalue weighted by Crippen LogP contribution is 1.93. The van der Waals surface area contributed by atoms with Crippen molar-refractivity contribution < 1.29 is 5.11 Å². The summed E-state index contributed by atoms with van der Waals surface area (Å²) in [5, 5.41) is 9.04. The van der Waals surface area contributed by atoms with Gasteiger partial charge in [0.15, 0.2) is 0 Å². The Morgan fingerprint density at radius 1 is 1.67 bits per heavy atom. The standard InChI is InChI=1S/C6H15NOS/c1-3-7(4-5-9)6(2)8/h6,8-9H,3-5H2,1-2H3. The van der Waals surface area contributed by atoms with E-state index in [1.807, 2.05) is 11.8 Å². The van der Waals surface area contributed by atoms with Crippen molar-refractivity contribution in [3.8, 4) is 0 Å². The van der Waals surface area contributed by atoms with Crippen LogP contribution in [0.15, 0.2) is 0 Å². The van der Waals surface area contributed by atoms with E-state index in [4.69, 9.17) is 5.11 Å². The summed E-state index contributed by atoms with van der Waals surface area (Å²) in [6.45, 7) is 5.54. The van der Waals surface area contributed by atoms with Crippen LogP contribution < -0.4 is 0 Å². The van der Waals surface area contributed by atoms with Gasteiger partial charge in [-0.2, -0.15) is 12.6 Å². The average Bonchev–Trinajstić information content (AvgIpc) is 1.82. The van der Waals surface area contributed by atoms with Gasteiger partial charge in [-0.1, -0.05) is 6.92 Å². The van der Waals surface area contributed by atoms with Crippen molar-refractivity contribution in [3.05, 3.63) is 0 Å². The molecule has 2 nitrogen and oxygen atoms in total. The maximum Gasteiger partial charge on any atom is 0.104 e. The second kappa shape index (κ2) is 5.09. The topological polar surface area (TPSA) is 23.5 Å². The van der Waals surface area contributed by atoms with Crippen LogP contribution in [0.5, 0.6) is 0 Å². The first kappa shape index (κ1) is 9.27. The molecule has 0 bridgehead atoms. The molecule has 3 heteroatoms. The molecular weight excluding hydrogens is 134 g/mol. The van der Waals surface area contributed by atoms with Crippen LogP contribution >= 0.6 is 12.6 Å². The molecule has 0 saturated carbocycles. The van der Waals surface area contributed by atoms with Crippen LogP contribution in [-0.4, -0.2) is 35.1 Å². The van der Waals surface area contributed by atoms with Crippen molar-refractivity contribution >= 4 is 12.6 Å². The van der Waals surface area contributed by atoms with Crippen LogP contribution in [0, 0.1) is 0 Å². The molecule has 0 aromatic heterocycles. The van der Waals surface area contributed by atoms with Gasteiger partial charge in [0.25, 0.3) is 0 Å². The first-order valence-electron chi connectivity index (χ1n) is 3.25. The van der Waals surface area contributed by atoms with Crippen molar-refractivity contribution in [1.82, 2.24) is 4.90 Å². The van der Waals surface area contributed by atoms with E-state index in [-0.39, 0.29) is 6.23 Å². The molecule has 0 aliphatic heterocycles. The maximum atomic E-state index is 9.04. The van der Waals surface area contributed by atoms with E-state index >= 15 is 0 Å². The molecule has 9 heavy (non-hydrogen) atoms. The Hall–Kier alpha value is 0.270. The highest BCUT2D eigenvalue weighted by atomic mass is 32.1. The fourth-order valence-corrected chi connectivity index (χ4v) is 0.995. The summed E-state index contributed by atoms with van der Waals surface area (Å²) in [4.78, 5) is 1.95. The lowest BCUT2D eigenvalue weighted by molar-refractivity contribution is 0.0274. The summed E-state index contributed by atoms with van der Waals surface area (Å²) >= 11 is 4.06. The van der Waals surface area contributed by atoms with E-state index in [1.165, 1.54) is 0 Å². The van der Waals surface area contributed by atoms with E-state index in [1.54, 1.807) is 6.92 Å². The molecule has 0 fully saturated rings. The minimum atomic E-state index is -0.331. The van der Waals surface area contributed by atoms with Crippen LogP contribution in [0.25, 0.3) is 0 Å². The second-order valence-corrected chi connectivity index (χ2v) is 2.43. The third-order valence-electron chi connectivity index (χ3n) is 1.32. The molecule has 56 valence electrons. The largest absolute Gasteiger partial charge is 0.379 e. The molecule has 0 heterocycles. The number of hydrogen-bond donors (Lipinski definition) is 2. The smallest absolute Gasteiger partial charge is 0.104 e. The summed E-state index contributed by atoms with van der Waals surface area (Å²) in [6.07, 6.45) is -0.331. The molecule has 0 spiro atoms. The minimum Gasteiger partial charge on any atom is -0.379 e. The molecule has 0 rings (SSSR count). The first-order chi connectivity index (χ1) is 4.22. The summed E-state index contributed by atoms with van der Waals surface area (Å²) < 4.78 is 0. The second-order valence-electron chi connectivity index (χ2n) is 1.98. The number of hydrogen-bond acceptors (Lipinski definition) is 3. The zero-order chi connectivity index (χ0) is 7.28. The van der Waals surface area contributed by atoms with Crippen LogP contribution in [0.1, 0.15) is 13.8 Å². The van der Waals surface area contributed by atoms with E-state index in [9.17, 15) is 0 Å². The van der Waals surface area contributed by atoms with Crippen molar-refractivity contribution in [2.24, 2.45) is 0 Å². The van der Waals surface area contributed by atoms with Gasteiger partial charge >= 0.3 is 0 Å². The SMILES string of the molecule is CCN(CCS)C(C)O. The highest BCUT2D eigenvalue weighted by Gasteiger charge is 2.04. The highest BCUT2D eigenvalue weighted by molar-refractivity contribution is 7.80. The van der Waals surface area contributed by atoms with E-state index in [0.29, 0.717) is 0 Å². The van der Waals surface area contributed by atoms with Crippen molar-refractivity contribution in [2.75, 3.05) is 18.8 Å². The summed E-state index contributed by atoms with van der Waals surface area (Å²) in [5.41, 5.74) is 0. The molecule has 0 aromatic carbocycles. The number of aliphatic hydroxyl groups is 1. The predicted molar refractivity (Wildman–Crippen MR) is 42.8 cm³/mol. The fraction of sp³-hybridized carbons (Fsp3) is 1.00. The van der Waals surface area contributed by atoms with Gasteiger partial charge in [-0.25, -0.2) is 0 Å². The van der Waals surface area contributed by atoms with E-state index in [0.717, 1.165) is 18.8 Å². The Balaban J connectivity index is 3.41. The van der Waals surface area contributed by atoms with Gasteiger partial charge in [0.1, 0.15) is 6.23 Å². The molecule has 0 aliphatic carbocycles. The van der Waals surface area contributed by atoms with Crippen LogP contribution in [-0.2, 0) is 0 Å². The third kappa shape index (κ3) is 3.78. The molecule has 1 atom stereocenters. The Morgan fingerprint density at radius 2 is 2.22 bits per heavy atom. The molecule has 1 unspecified atom stereocenters. The number of rotatable bonds is 4. The van der Waals surface area contributed by atoms with Gasteiger partial charge in [-0.05, 0) is 13.5 Å². The Labute approximate surface area is 62.3 Å². The van der Waals surface area contributed by atoms with Crippen molar-refractivity contribution in [2.45, 2.75) is 20.1 Å². The monoisotopic (exact) mass is 149 g/mol. The molecule has 0 radical (unpaired) electrons. The normalized spacial score (nSPS) is 14.3. The van der Waals surface area contributed by atoms with Gasteiger partial charge in [-0.15, -0.1) is 0 Å². The van der Waals surface area contributed by atoms with Crippen LogP contribution in [0.3, 0.4) is 0 Å². The number of aliphatic hydroxyl groups excluding tert-OH is 1. The predicted octanol–water partition coefficient (Wildman–Crippen LogP) is 0.576. The molecule has 1 N–H and O–H groups in total. The van der Waals surface area contributed by atoms with Gasteiger partial charge in [0.05, 0.1) is 0 Å². The molecule has 0 amide bonds. The summed E-state index contributed by atoms with van der Waals surface area (Å²) in [6, 6.07) is 0. The van der Waals surface area contributed by atoms with Crippen LogP contribution in [0.4, 0.5) is 0 Å². The number of nitrogens with zero attached hydrogens (tertiary/aromatic N) is 1. The zero-order valence-corrected chi connectivity index (χ0v) is 6.93. The first-order valence-corrected chi connectivity index (χ1v) is 3.88. The van der Waals surface area contributed by atoms with E-state index in [2.05, 4.69) is 12.6 Å². The Bertz CT molecular complexity index is 68.1. The quantitative estimate of drug-likeness (QED) is 0.451. The van der Waals surface area contributed by atoms with Gasteiger partial charge in [0.2, 0.25) is 0 Å². The lowest BCUT2D eigenvalue weighted by Crippen LogP contribution is -2.34. The minimum absolute atomic E-state index is 0.331. The van der Waals surface area contributed by atoms with Crippen molar-refractivity contribution in [3.63, 3.8) is 0 Å². The Morgan fingerprint density at radius 3 is 2.33 bits per heavy atom. The van der Waals surface area contributed by atoms with Gasteiger partial charge in [0, 0.05) is 12.3 Å². The maximum absolute atomic E-state index is 9.04. The number of thiol groups is 1. The van der Waals surface area contributed by atoms with Gasteiger partial charge in [-0.3, -0.25) is 4.90 Å². The lowest BCUT2D eigenvalue weighted by Gasteiger charge is -2.21. The van der Waals surface area contributed by atoms with Crippen molar-refractivity contribution in [1.29, 1.82) is 0 Å². The fourth-order valence-electron chi connectivity index (χ4n) is 0.738. The zero-order valence-electron chi connectivity index (χ0n) is 6.04. The molecule has 0 saturated heterocycles. The Kier molecular flexibility index (Phi) is 5.24. The molecule has 0 aromatic rings. The summed E-state index contributed by atoms with van der Waals surface area (Å²) in [7, 11) is 0. The average molecular weight is 149 g/mol. The molecular formula is C6H15NOS. The molecule has 0 aliphatic rings. The summed E-state index contributed by atoms with van der Waals surface area (Å²) in [5.74, 6) is 0.804. The van der Waals surface area contributed by atoms with Gasteiger partial charge < -0.3 is 5.11 Å². The van der Waals surface area contributed by atoms with Crippen LogP contribution in [0.2, 0.25) is 0 Å².